The summed E-state index contributed by atoms with van der Waals surface area (Å²) in [4.78, 5) is 15.5. The van der Waals surface area contributed by atoms with Crippen molar-refractivity contribution >= 4 is 27.9 Å². The molecule has 1 aliphatic heterocycles. The van der Waals surface area contributed by atoms with Crippen LogP contribution in [0.5, 0.6) is 0 Å². The summed E-state index contributed by atoms with van der Waals surface area (Å²) in [5.74, 6) is -1.58. The maximum absolute atomic E-state index is 13.8. The number of fused-ring (bicyclic) bond motifs is 1. The van der Waals surface area contributed by atoms with Crippen LogP contribution in [0.15, 0.2) is 30.3 Å². The largest absolute Gasteiger partial charge is 1.00 e. The third-order valence-corrected chi connectivity index (χ3v) is 7.25. The van der Waals surface area contributed by atoms with Crippen molar-refractivity contribution in [2.75, 3.05) is 17.1 Å². The Morgan fingerprint density at radius 3 is 2.43 bits per heavy atom. The van der Waals surface area contributed by atoms with Crippen LogP contribution in [0.1, 0.15) is 62.3 Å². The molecule has 2 aromatic rings. The standard InChI is InChI=1S/C26H33FN2O6S.Na/c1-16(2)25-21(12-11-19(30)14-20(31)15-23(32)33)24(17-7-9-18(27)10-8-17)22-6-4-5-13-29(26(22)28-25)36(3,34)35;/h7-12,16,19-20,30-31H,4-6,13-15H2,1-3H3,(H,32,33);/q;+1/p-1/b12-11+;/t19-,20-;/m1./s1. The minimum Gasteiger partial charge on any atom is -0.550 e. The first-order valence-corrected chi connectivity index (χ1v) is 13.8. The molecule has 0 saturated carbocycles. The number of carbonyl (C=O) groups is 1. The molecular weight excluding hydrogens is 510 g/mol. The molecule has 0 unspecified atom stereocenters. The average Bonchev–Trinajstić information content (AvgIpc) is 2.99. The van der Waals surface area contributed by atoms with Gasteiger partial charge in [0.15, 0.2) is 0 Å². The van der Waals surface area contributed by atoms with Gasteiger partial charge in [0.25, 0.3) is 0 Å². The van der Waals surface area contributed by atoms with Gasteiger partial charge >= 0.3 is 29.6 Å². The summed E-state index contributed by atoms with van der Waals surface area (Å²) in [6.07, 6.45) is 3.00. The molecule has 0 aliphatic carbocycles. The zero-order valence-corrected chi connectivity index (χ0v) is 24.5. The Labute approximate surface area is 239 Å². The number of carbonyl (C=O) groups excluding carboxylic acids is 1. The molecule has 3 rings (SSSR count). The number of hydrogen-bond donors (Lipinski definition) is 2. The number of aliphatic hydroxyl groups excluding tert-OH is 2. The Balaban J connectivity index is 0.00000481. The molecule has 0 spiro atoms. The fourth-order valence-corrected chi connectivity index (χ4v) is 5.39. The molecule has 0 saturated heterocycles. The third-order valence-electron chi connectivity index (χ3n) is 6.10. The number of sulfonamides is 1. The van der Waals surface area contributed by atoms with Gasteiger partial charge in [-0.05, 0) is 48.4 Å². The van der Waals surface area contributed by atoms with E-state index in [1.165, 1.54) is 22.5 Å². The minimum absolute atomic E-state index is 0. The van der Waals surface area contributed by atoms with E-state index in [0.29, 0.717) is 47.6 Å². The van der Waals surface area contributed by atoms with E-state index in [0.717, 1.165) is 18.2 Å². The fraction of sp³-hybridized carbons (Fsp3) is 0.462. The van der Waals surface area contributed by atoms with Crippen LogP contribution in [0.25, 0.3) is 17.2 Å². The minimum atomic E-state index is -3.60. The van der Waals surface area contributed by atoms with Crippen molar-refractivity contribution in [1.82, 2.24) is 4.98 Å². The van der Waals surface area contributed by atoms with Gasteiger partial charge in [0.2, 0.25) is 10.0 Å². The summed E-state index contributed by atoms with van der Waals surface area (Å²) >= 11 is 0. The normalized spacial score (nSPS) is 15.7. The van der Waals surface area contributed by atoms with Gasteiger partial charge in [-0.15, -0.1) is 0 Å². The zero-order chi connectivity index (χ0) is 26.6. The van der Waals surface area contributed by atoms with Crippen molar-refractivity contribution < 1.29 is 62.5 Å². The van der Waals surface area contributed by atoms with E-state index < -0.39 is 40.4 Å². The molecule has 0 fully saturated rings. The Hall–Kier alpha value is -1.82. The summed E-state index contributed by atoms with van der Waals surface area (Å²) in [6, 6.07) is 5.92. The maximum Gasteiger partial charge on any atom is 1.00 e. The summed E-state index contributed by atoms with van der Waals surface area (Å²) in [6.45, 7) is 4.15. The van der Waals surface area contributed by atoms with Crippen LogP contribution in [-0.4, -0.2) is 54.6 Å². The smallest absolute Gasteiger partial charge is 0.550 e. The first-order chi connectivity index (χ1) is 16.9. The number of halogens is 1. The molecule has 1 aliphatic rings. The molecule has 37 heavy (non-hydrogen) atoms. The topological polar surface area (TPSA) is 131 Å². The molecule has 1 aromatic heterocycles. The number of aliphatic carboxylic acids is 1. The summed E-state index contributed by atoms with van der Waals surface area (Å²) < 4.78 is 40.5. The van der Waals surface area contributed by atoms with Gasteiger partial charge in [-0.2, -0.15) is 0 Å². The van der Waals surface area contributed by atoms with Gasteiger partial charge < -0.3 is 20.1 Å². The number of pyridine rings is 1. The first kappa shape index (κ1) is 31.4. The van der Waals surface area contributed by atoms with Crippen LogP contribution in [0.3, 0.4) is 0 Å². The van der Waals surface area contributed by atoms with Crippen LogP contribution in [-0.2, 0) is 21.2 Å². The van der Waals surface area contributed by atoms with Gasteiger partial charge in [0.1, 0.15) is 11.6 Å². The predicted octanol–water partition coefficient (Wildman–Crippen LogP) is -0.617. The molecule has 2 atom stereocenters. The molecule has 196 valence electrons. The van der Waals surface area contributed by atoms with E-state index in [1.54, 1.807) is 18.2 Å². The predicted molar refractivity (Wildman–Crippen MR) is 134 cm³/mol. The Morgan fingerprint density at radius 1 is 1.22 bits per heavy atom. The average molecular weight is 543 g/mol. The van der Waals surface area contributed by atoms with E-state index in [4.69, 9.17) is 4.98 Å². The first-order valence-electron chi connectivity index (χ1n) is 11.9. The van der Waals surface area contributed by atoms with Crippen LogP contribution in [0.4, 0.5) is 10.2 Å². The van der Waals surface area contributed by atoms with Crippen LogP contribution >= 0.6 is 0 Å². The van der Waals surface area contributed by atoms with Crippen molar-refractivity contribution in [1.29, 1.82) is 0 Å². The van der Waals surface area contributed by atoms with Crippen LogP contribution in [0.2, 0.25) is 0 Å². The third kappa shape index (κ3) is 8.08. The van der Waals surface area contributed by atoms with Crippen LogP contribution < -0.4 is 39.0 Å². The second-order valence-electron chi connectivity index (χ2n) is 9.43. The SMILES string of the molecule is CC(C)c1nc2c(c(-c3ccc(F)cc3)c1/C=C/[C@@H](O)C[C@@H](O)CC(=O)[O-])CCCCN2S(C)(=O)=O.[Na+]. The van der Waals surface area contributed by atoms with E-state index in [-0.39, 0.29) is 41.9 Å². The summed E-state index contributed by atoms with van der Waals surface area (Å²) in [5, 5.41) is 31.0. The van der Waals surface area contributed by atoms with Gasteiger partial charge in [-0.25, -0.2) is 17.8 Å². The molecule has 0 radical (unpaired) electrons. The zero-order valence-electron chi connectivity index (χ0n) is 21.6. The Morgan fingerprint density at radius 2 is 1.86 bits per heavy atom. The van der Waals surface area contributed by atoms with Crippen molar-refractivity contribution in [2.24, 2.45) is 0 Å². The van der Waals surface area contributed by atoms with Crippen LogP contribution in [0, 0.1) is 5.82 Å². The Kier molecular flexibility index (Phi) is 11.3. The number of benzene rings is 1. The second-order valence-corrected chi connectivity index (χ2v) is 11.3. The van der Waals surface area contributed by atoms with Crippen molar-refractivity contribution in [3.63, 3.8) is 0 Å². The summed E-state index contributed by atoms with van der Waals surface area (Å²) in [7, 11) is -3.60. The van der Waals surface area contributed by atoms with E-state index in [9.17, 15) is 32.9 Å². The molecule has 11 heteroatoms. The van der Waals surface area contributed by atoms with Crippen molar-refractivity contribution in [3.05, 3.63) is 53.0 Å². The number of nitrogens with zero attached hydrogens (tertiary/aromatic N) is 2. The van der Waals surface area contributed by atoms with Crippen molar-refractivity contribution in [3.8, 4) is 11.1 Å². The van der Waals surface area contributed by atoms with E-state index >= 15 is 0 Å². The van der Waals surface area contributed by atoms with Gasteiger partial charge in [0.05, 0.1) is 24.2 Å². The number of hydrogen-bond acceptors (Lipinski definition) is 7. The number of carboxylic acid groups (broad SMARTS) is 1. The number of anilines is 1. The molecule has 1 aromatic carbocycles. The second kappa shape index (κ2) is 13.3. The number of carboxylic acids is 1. The number of aliphatic hydroxyl groups is 2. The molecule has 2 N–H and O–H groups in total. The fourth-order valence-electron chi connectivity index (χ4n) is 4.47. The van der Waals surface area contributed by atoms with Gasteiger partial charge in [-0.1, -0.05) is 38.1 Å². The van der Waals surface area contributed by atoms with Gasteiger partial charge in [-0.3, -0.25) is 4.31 Å². The number of aromatic nitrogens is 1. The molecule has 2 heterocycles. The Bertz CT molecular complexity index is 1230. The monoisotopic (exact) mass is 542 g/mol. The van der Waals surface area contributed by atoms with Gasteiger partial charge in [0, 0.05) is 36.5 Å². The van der Waals surface area contributed by atoms with E-state index in [2.05, 4.69) is 0 Å². The van der Waals surface area contributed by atoms with Crippen molar-refractivity contribution in [2.45, 2.75) is 64.1 Å². The molecule has 8 nitrogen and oxygen atoms in total. The quantitative estimate of drug-likeness (QED) is 0.404. The molecule has 0 bridgehead atoms. The maximum atomic E-state index is 13.8. The summed E-state index contributed by atoms with van der Waals surface area (Å²) in [5.41, 5.74) is 3.36. The van der Waals surface area contributed by atoms with E-state index in [1.807, 2.05) is 13.8 Å². The molecule has 0 amide bonds. The number of rotatable bonds is 9. The molecular formula is C26H32FN2NaO6S.